The highest BCUT2D eigenvalue weighted by Crippen LogP contribution is 2.19. The molecule has 2 atom stereocenters. The number of benzene rings is 1. The van der Waals surface area contributed by atoms with Gasteiger partial charge in [-0.3, -0.25) is 4.90 Å². The van der Waals surface area contributed by atoms with Gasteiger partial charge in [-0.05, 0) is 50.2 Å². The van der Waals surface area contributed by atoms with Crippen LogP contribution in [0.15, 0.2) is 18.2 Å². The highest BCUT2D eigenvalue weighted by Gasteiger charge is 2.27. The second-order valence-electron chi connectivity index (χ2n) is 5.54. The van der Waals surface area contributed by atoms with Gasteiger partial charge in [-0.25, -0.2) is 4.39 Å². The van der Waals surface area contributed by atoms with Gasteiger partial charge >= 0.3 is 0 Å². The summed E-state index contributed by atoms with van der Waals surface area (Å²) in [5.41, 5.74) is 0.637. The molecule has 1 aromatic rings. The van der Waals surface area contributed by atoms with Gasteiger partial charge in [0.25, 0.3) is 0 Å². The van der Waals surface area contributed by atoms with Crippen molar-refractivity contribution in [2.45, 2.75) is 31.9 Å². The number of morpholine rings is 1. The van der Waals surface area contributed by atoms with Crippen LogP contribution in [0.25, 0.3) is 0 Å². The number of nitrogens with one attached hydrogen (secondary N) is 1. The minimum atomic E-state index is -0.208. The van der Waals surface area contributed by atoms with E-state index in [9.17, 15) is 4.39 Å². The van der Waals surface area contributed by atoms with Crippen molar-refractivity contribution in [3.05, 3.63) is 34.6 Å². The SMILES string of the molecule is CCCN1CCOC(C(Cc2cc(Cl)ccc2F)NC)C1. The van der Waals surface area contributed by atoms with Crippen molar-refractivity contribution >= 4 is 11.6 Å². The van der Waals surface area contributed by atoms with Crippen LogP contribution in [0.1, 0.15) is 18.9 Å². The molecule has 0 aliphatic carbocycles. The van der Waals surface area contributed by atoms with Crippen LogP contribution >= 0.6 is 11.6 Å². The van der Waals surface area contributed by atoms with Crippen LogP contribution < -0.4 is 5.32 Å². The first-order valence-electron chi connectivity index (χ1n) is 7.59. The molecule has 118 valence electrons. The molecule has 0 spiro atoms. The van der Waals surface area contributed by atoms with Crippen molar-refractivity contribution in [2.24, 2.45) is 0 Å². The molecule has 5 heteroatoms. The smallest absolute Gasteiger partial charge is 0.126 e. The largest absolute Gasteiger partial charge is 0.374 e. The van der Waals surface area contributed by atoms with Crippen LogP contribution in [-0.4, -0.2) is 50.3 Å². The average Bonchev–Trinajstić information content (AvgIpc) is 2.49. The minimum absolute atomic E-state index is 0.0775. The van der Waals surface area contributed by atoms with E-state index in [2.05, 4.69) is 17.1 Å². The van der Waals surface area contributed by atoms with Crippen LogP contribution in [0.3, 0.4) is 0 Å². The van der Waals surface area contributed by atoms with E-state index in [-0.39, 0.29) is 18.0 Å². The lowest BCUT2D eigenvalue weighted by Gasteiger charge is -2.37. The quantitative estimate of drug-likeness (QED) is 0.874. The Bertz CT molecular complexity index is 456. The summed E-state index contributed by atoms with van der Waals surface area (Å²) < 4.78 is 19.8. The highest BCUT2D eigenvalue weighted by molar-refractivity contribution is 6.30. The molecule has 1 aliphatic rings. The molecule has 1 heterocycles. The second-order valence-corrected chi connectivity index (χ2v) is 5.98. The molecule has 2 rings (SSSR count). The Morgan fingerprint density at radius 3 is 3.05 bits per heavy atom. The predicted octanol–water partition coefficient (Wildman–Crippen LogP) is 2.72. The van der Waals surface area contributed by atoms with E-state index in [4.69, 9.17) is 16.3 Å². The Hall–Kier alpha value is -0.680. The van der Waals surface area contributed by atoms with Gasteiger partial charge in [-0.15, -0.1) is 0 Å². The molecule has 1 aromatic carbocycles. The molecule has 0 aromatic heterocycles. The van der Waals surface area contributed by atoms with Crippen LogP contribution in [0, 0.1) is 5.82 Å². The lowest BCUT2D eigenvalue weighted by molar-refractivity contribution is -0.0451. The predicted molar refractivity (Wildman–Crippen MR) is 84.4 cm³/mol. The van der Waals surface area contributed by atoms with Gasteiger partial charge in [0.15, 0.2) is 0 Å². The second kappa shape index (κ2) is 8.08. The normalized spacial score (nSPS) is 21.4. The fourth-order valence-corrected chi connectivity index (χ4v) is 3.05. The Balaban J connectivity index is 2.03. The summed E-state index contributed by atoms with van der Waals surface area (Å²) in [5.74, 6) is -0.208. The van der Waals surface area contributed by atoms with E-state index in [0.717, 1.165) is 32.7 Å². The molecular weight excluding hydrogens is 291 g/mol. The first-order chi connectivity index (χ1) is 10.1. The number of hydrogen-bond acceptors (Lipinski definition) is 3. The molecule has 2 unspecified atom stereocenters. The summed E-state index contributed by atoms with van der Waals surface area (Å²) in [6.45, 7) is 5.87. The Morgan fingerprint density at radius 1 is 1.52 bits per heavy atom. The Morgan fingerprint density at radius 2 is 2.33 bits per heavy atom. The lowest BCUT2D eigenvalue weighted by atomic mass is 9.99. The van der Waals surface area contributed by atoms with Crippen molar-refractivity contribution in [1.82, 2.24) is 10.2 Å². The fraction of sp³-hybridized carbons (Fsp3) is 0.625. The summed E-state index contributed by atoms with van der Waals surface area (Å²) in [7, 11) is 1.90. The molecule has 1 N–H and O–H groups in total. The topological polar surface area (TPSA) is 24.5 Å². The van der Waals surface area contributed by atoms with Gasteiger partial charge < -0.3 is 10.1 Å². The summed E-state index contributed by atoms with van der Waals surface area (Å²) in [4.78, 5) is 2.41. The standard InChI is InChI=1S/C16H24ClFN2O/c1-3-6-20-7-8-21-16(11-20)15(19-2)10-12-9-13(17)4-5-14(12)18/h4-5,9,15-16,19H,3,6-8,10-11H2,1-2H3. The molecule has 1 saturated heterocycles. The zero-order valence-corrected chi connectivity index (χ0v) is 13.5. The van der Waals surface area contributed by atoms with Crippen LogP contribution in [-0.2, 0) is 11.2 Å². The summed E-state index contributed by atoms with van der Waals surface area (Å²) in [5, 5.41) is 3.84. The van der Waals surface area contributed by atoms with E-state index in [1.807, 2.05) is 7.05 Å². The Labute approximate surface area is 131 Å². The van der Waals surface area contributed by atoms with Gasteiger partial charge in [0.2, 0.25) is 0 Å². The van der Waals surface area contributed by atoms with E-state index >= 15 is 0 Å². The first-order valence-corrected chi connectivity index (χ1v) is 7.97. The van der Waals surface area contributed by atoms with Gasteiger partial charge in [0, 0.05) is 24.2 Å². The molecule has 3 nitrogen and oxygen atoms in total. The molecule has 1 aliphatic heterocycles. The van der Waals surface area contributed by atoms with E-state index in [1.54, 1.807) is 12.1 Å². The van der Waals surface area contributed by atoms with Gasteiger partial charge in [0.1, 0.15) is 5.82 Å². The number of rotatable bonds is 6. The van der Waals surface area contributed by atoms with Crippen molar-refractivity contribution in [2.75, 3.05) is 33.3 Å². The maximum Gasteiger partial charge on any atom is 0.126 e. The van der Waals surface area contributed by atoms with Crippen molar-refractivity contribution in [1.29, 1.82) is 0 Å². The van der Waals surface area contributed by atoms with Gasteiger partial charge in [-0.1, -0.05) is 18.5 Å². The fourth-order valence-electron chi connectivity index (χ4n) is 2.85. The first kappa shape index (κ1) is 16.7. The van der Waals surface area contributed by atoms with Crippen molar-refractivity contribution in [3.8, 4) is 0 Å². The summed E-state index contributed by atoms with van der Waals surface area (Å²) in [6.07, 6.45) is 1.79. The Kier molecular flexibility index (Phi) is 6.42. The number of likely N-dealkylation sites (N-methyl/N-ethyl adjacent to an activating group) is 1. The number of nitrogens with zero attached hydrogens (tertiary/aromatic N) is 1. The number of halogens is 2. The van der Waals surface area contributed by atoms with Crippen LogP contribution in [0.2, 0.25) is 5.02 Å². The molecule has 0 radical (unpaired) electrons. The highest BCUT2D eigenvalue weighted by atomic mass is 35.5. The van der Waals surface area contributed by atoms with Crippen molar-refractivity contribution < 1.29 is 9.13 Å². The zero-order valence-electron chi connectivity index (χ0n) is 12.7. The third-order valence-electron chi connectivity index (χ3n) is 3.98. The van der Waals surface area contributed by atoms with E-state index in [0.29, 0.717) is 17.0 Å². The van der Waals surface area contributed by atoms with Crippen LogP contribution in [0.5, 0.6) is 0 Å². The van der Waals surface area contributed by atoms with Gasteiger partial charge in [-0.2, -0.15) is 0 Å². The maximum absolute atomic E-state index is 13.9. The molecular formula is C16H24ClFN2O. The monoisotopic (exact) mass is 314 g/mol. The van der Waals surface area contributed by atoms with Gasteiger partial charge in [0.05, 0.1) is 12.7 Å². The summed E-state index contributed by atoms with van der Waals surface area (Å²) >= 11 is 5.97. The molecule has 21 heavy (non-hydrogen) atoms. The third kappa shape index (κ3) is 4.65. The molecule has 1 fully saturated rings. The maximum atomic E-state index is 13.9. The molecule has 0 amide bonds. The van der Waals surface area contributed by atoms with Crippen molar-refractivity contribution in [3.63, 3.8) is 0 Å². The number of ether oxygens (including phenoxy) is 1. The van der Waals surface area contributed by atoms with E-state index < -0.39 is 0 Å². The zero-order chi connectivity index (χ0) is 15.2. The van der Waals surface area contributed by atoms with E-state index in [1.165, 1.54) is 6.07 Å². The molecule has 0 bridgehead atoms. The van der Waals surface area contributed by atoms with Crippen LogP contribution in [0.4, 0.5) is 4.39 Å². The lowest BCUT2D eigenvalue weighted by Crippen LogP contribution is -2.52. The average molecular weight is 315 g/mol. The number of hydrogen-bond donors (Lipinski definition) is 1. The third-order valence-corrected chi connectivity index (χ3v) is 4.22. The summed E-state index contributed by atoms with van der Waals surface area (Å²) in [6, 6.07) is 4.79. The molecule has 0 saturated carbocycles. The minimum Gasteiger partial charge on any atom is -0.374 e.